The van der Waals surface area contributed by atoms with E-state index < -0.39 is 29.8 Å². The molecule has 2 atom stereocenters. The molecule has 1 amide bonds. The molecule has 1 fully saturated rings. The summed E-state index contributed by atoms with van der Waals surface area (Å²) < 4.78 is 48.6. The van der Waals surface area contributed by atoms with E-state index in [1.807, 2.05) is 28.7 Å². The number of alkyl halides is 3. The minimum Gasteiger partial charge on any atom is -0.497 e. The molecule has 11 heteroatoms. The number of hydrazine groups is 1. The van der Waals surface area contributed by atoms with Crippen molar-refractivity contribution in [3.05, 3.63) is 68.4 Å². The van der Waals surface area contributed by atoms with Crippen LogP contribution in [0.4, 0.5) is 23.7 Å². The van der Waals surface area contributed by atoms with Crippen molar-refractivity contribution in [1.82, 2.24) is 9.91 Å². The lowest BCUT2D eigenvalue weighted by molar-refractivity contribution is -0.137. The Morgan fingerprint density at radius 3 is 2.51 bits per heavy atom. The highest BCUT2D eigenvalue weighted by Crippen LogP contribution is 2.46. The fourth-order valence-electron chi connectivity index (χ4n) is 5.57. The molecule has 0 saturated carbocycles. The number of ether oxygens (including phenoxy) is 1. The molecule has 0 radical (unpaired) electrons. The Labute approximate surface area is 225 Å². The number of amides is 1. The second-order valence-electron chi connectivity index (χ2n) is 9.29. The molecule has 2 aromatic rings. The van der Waals surface area contributed by atoms with E-state index >= 15 is 0 Å². The van der Waals surface area contributed by atoms with Crippen molar-refractivity contribution in [1.29, 1.82) is 0 Å². The van der Waals surface area contributed by atoms with Gasteiger partial charge >= 0.3 is 12.3 Å². The lowest BCUT2D eigenvalue weighted by atomic mass is 9.85. The zero-order chi connectivity index (χ0) is 26.5. The Hall–Kier alpha value is -2.96. The molecule has 0 aromatic heterocycles. The number of ketones is 1. The average Bonchev–Trinajstić information content (AvgIpc) is 3.53. The maximum Gasteiger partial charge on any atom is 0.418 e. The molecular weight excluding hydrogens is 602 g/mol. The Bertz CT molecular complexity index is 1260. The van der Waals surface area contributed by atoms with E-state index in [-0.39, 0.29) is 23.6 Å². The van der Waals surface area contributed by atoms with Crippen LogP contribution >= 0.6 is 22.6 Å². The van der Waals surface area contributed by atoms with Crippen molar-refractivity contribution in [2.75, 3.05) is 31.8 Å². The van der Waals surface area contributed by atoms with Crippen LogP contribution in [-0.2, 0) is 6.18 Å². The van der Waals surface area contributed by atoms with Crippen LogP contribution in [0.2, 0.25) is 0 Å². The standard InChI is InChI=1S/C26H25F3IN3O4/c1-37-17-8-6-15(7-9-17)19-14-33(23-18(24(19)34)12-16(30)13-20(23)26(27,28)29)32-11-3-5-22(32)21-4-2-10-31(21)25(35)36/h5-9,12-13,19,21H,2-4,10-11,14H2,1H3,(H,35,36)/t19?,21-/m0/s1. The third kappa shape index (κ3) is 4.62. The predicted octanol–water partition coefficient (Wildman–Crippen LogP) is 5.75. The minimum absolute atomic E-state index is 0.00103. The summed E-state index contributed by atoms with van der Waals surface area (Å²) in [5.41, 5.74) is 0.310. The highest BCUT2D eigenvalue weighted by atomic mass is 127. The fourth-order valence-corrected chi connectivity index (χ4v) is 6.19. The molecule has 1 unspecified atom stereocenters. The van der Waals surface area contributed by atoms with Gasteiger partial charge in [0.1, 0.15) is 5.75 Å². The first-order chi connectivity index (χ1) is 17.6. The Morgan fingerprint density at radius 1 is 1.14 bits per heavy atom. The van der Waals surface area contributed by atoms with Gasteiger partial charge in [0.15, 0.2) is 5.78 Å². The number of halogens is 4. The quantitative estimate of drug-likeness (QED) is 0.436. The largest absolute Gasteiger partial charge is 0.497 e. The molecule has 0 bridgehead atoms. The van der Waals surface area contributed by atoms with E-state index in [0.29, 0.717) is 52.9 Å². The Kier molecular flexibility index (Phi) is 6.75. The molecule has 196 valence electrons. The number of methoxy groups -OCH3 is 1. The number of likely N-dealkylation sites (tertiary alicyclic amines) is 1. The lowest BCUT2D eigenvalue weighted by Crippen LogP contribution is -2.51. The number of carbonyl (C=O) groups excluding carboxylic acids is 1. The maximum absolute atomic E-state index is 14.3. The van der Waals surface area contributed by atoms with Gasteiger partial charge in [-0.05, 0) is 71.7 Å². The molecule has 0 spiro atoms. The molecule has 1 saturated heterocycles. The number of anilines is 1. The van der Waals surface area contributed by atoms with Crippen LogP contribution in [0.3, 0.4) is 0 Å². The van der Waals surface area contributed by atoms with Crippen LogP contribution < -0.4 is 9.75 Å². The summed E-state index contributed by atoms with van der Waals surface area (Å²) >= 11 is 1.81. The van der Waals surface area contributed by atoms with Gasteiger partial charge in [-0.3, -0.25) is 19.7 Å². The van der Waals surface area contributed by atoms with Crippen molar-refractivity contribution >= 4 is 40.2 Å². The van der Waals surface area contributed by atoms with Crippen molar-refractivity contribution in [2.45, 2.75) is 37.4 Å². The van der Waals surface area contributed by atoms with Gasteiger partial charge in [0.25, 0.3) is 0 Å². The zero-order valence-electron chi connectivity index (χ0n) is 20.0. The first-order valence-corrected chi connectivity index (χ1v) is 13.0. The molecule has 3 heterocycles. The number of Topliss-reactive ketones (excluding diaryl/α,β-unsaturated/α-hetero) is 1. The molecule has 7 nitrogen and oxygen atoms in total. The van der Waals surface area contributed by atoms with E-state index in [0.717, 1.165) is 6.07 Å². The van der Waals surface area contributed by atoms with Gasteiger partial charge < -0.3 is 9.84 Å². The molecule has 37 heavy (non-hydrogen) atoms. The van der Waals surface area contributed by atoms with Crippen molar-refractivity contribution in [3.63, 3.8) is 0 Å². The van der Waals surface area contributed by atoms with Gasteiger partial charge in [0, 0.05) is 22.2 Å². The van der Waals surface area contributed by atoms with E-state index in [2.05, 4.69) is 0 Å². The van der Waals surface area contributed by atoms with E-state index in [1.54, 1.807) is 34.3 Å². The number of hydrogen-bond acceptors (Lipinski definition) is 5. The highest BCUT2D eigenvalue weighted by Gasteiger charge is 2.46. The van der Waals surface area contributed by atoms with Gasteiger partial charge in [-0.15, -0.1) is 0 Å². The molecule has 1 N–H and O–H groups in total. The topological polar surface area (TPSA) is 73.3 Å². The third-order valence-corrected chi connectivity index (χ3v) is 7.84. The van der Waals surface area contributed by atoms with Gasteiger partial charge in [0.05, 0.1) is 42.6 Å². The maximum atomic E-state index is 14.3. The number of fused-ring (bicyclic) bond motifs is 1. The lowest BCUT2D eigenvalue weighted by Gasteiger charge is -2.45. The SMILES string of the molecule is COc1ccc(C2CN(N3CCC=C3[C@@H]3CCCN3C(=O)O)c3c(cc(I)cc3C(F)(F)F)C2=O)cc1. The summed E-state index contributed by atoms with van der Waals surface area (Å²) in [4.78, 5) is 26.9. The van der Waals surface area contributed by atoms with Crippen LogP contribution in [0.1, 0.15) is 46.7 Å². The summed E-state index contributed by atoms with van der Waals surface area (Å²) in [6, 6.07) is 9.09. The van der Waals surface area contributed by atoms with E-state index in [1.165, 1.54) is 18.1 Å². The predicted molar refractivity (Wildman–Crippen MR) is 139 cm³/mol. The van der Waals surface area contributed by atoms with Gasteiger partial charge in [-0.1, -0.05) is 18.2 Å². The molecule has 2 aromatic carbocycles. The number of carbonyl (C=O) groups is 2. The van der Waals surface area contributed by atoms with Gasteiger partial charge in [0.2, 0.25) is 0 Å². The summed E-state index contributed by atoms with van der Waals surface area (Å²) in [7, 11) is 1.53. The van der Waals surface area contributed by atoms with E-state index in [9.17, 15) is 27.9 Å². The number of carboxylic acid groups (broad SMARTS) is 1. The molecule has 0 aliphatic carbocycles. The fraction of sp³-hybridized carbons (Fsp3) is 0.385. The second kappa shape index (κ2) is 9.73. The molecule has 3 aliphatic rings. The first kappa shape index (κ1) is 25.7. The van der Waals surface area contributed by atoms with Crippen LogP contribution in [-0.4, -0.2) is 59.7 Å². The first-order valence-electron chi connectivity index (χ1n) is 11.9. The Balaban J connectivity index is 1.64. The van der Waals surface area contributed by atoms with E-state index in [4.69, 9.17) is 4.74 Å². The monoisotopic (exact) mass is 627 g/mol. The normalized spacial score (nSPS) is 21.8. The van der Waals surface area contributed by atoms with Crippen molar-refractivity contribution < 1.29 is 32.6 Å². The summed E-state index contributed by atoms with van der Waals surface area (Å²) in [6.45, 7) is 0.769. The number of nitrogens with zero attached hydrogens (tertiary/aromatic N) is 3. The number of rotatable bonds is 4. The van der Waals surface area contributed by atoms with Crippen LogP contribution in [0, 0.1) is 3.57 Å². The average molecular weight is 627 g/mol. The summed E-state index contributed by atoms with van der Waals surface area (Å²) in [6.07, 6.45) is -1.98. The van der Waals surface area contributed by atoms with Crippen molar-refractivity contribution in [3.8, 4) is 5.75 Å². The van der Waals surface area contributed by atoms with Crippen LogP contribution in [0.5, 0.6) is 5.75 Å². The molecular formula is C26H25F3IN3O4. The molecule has 5 rings (SSSR count). The number of hydrogen-bond donors (Lipinski definition) is 1. The van der Waals surface area contributed by atoms with Crippen LogP contribution in [0.15, 0.2) is 48.2 Å². The smallest absolute Gasteiger partial charge is 0.418 e. The minimum atomic E-state index is -4.68. The summed E-state index contributed by atoms with van der Waals surface area (Å²) in [5, 5.41) is 13.0. The molecule has 3 aliphatic heterocycles. The highest BCUT2D eigenvalue weighted by molar-refractivity contribution is 14.1. The summed E-state index contributed by atoms with van der Waals surface area (Å²) in [5.74, 6) is -0.477. The van der Waals surface area contributed by atoms with Crippen LogP contribution in [0.25, 0.3) is 0 Å². The second-order valence-corrected chi connectivity index (χ2v) is 10.5. The number of benzene rings is 2. The Morgan fingerprint density at radius 2 is 1.86 bits per heavy atom. The zero-order valence-corrected chi connectivity index (χ0v) is 22.1. The third-order valence-electron chi connectivity index (χ3n) is 7.22. The van der Waals surface area contributed by atoms with Crippen molar-refractivity contribution in [2.24, 2.45) is 0 Å². The van der Waals surface area contributed by atoms with Gasteiger partial charge in [-0.25, -0.2) is 4.79 Å². The van der Waals surface area contributed by atoms with Gasteiger partial charge in [-0.2, -0.15) is 13.2 Å².